The summed E-state index contributed by atoms with van der Waals surface area (Å²) in [7, 11) is 0. The summed E-state index contributed by atoms with van der Waals surface area (Å²) in [5.74, 6) is 4.77. The zero-order chi connectivity index (χ0) is 13.1. The predicted octanol–water partition coefficient (Wildman–Crippen LogP) is 3.40. The maximum atomic E-state index is 12.1. The Kier molecular flexibility index (Phi) is 4.97. The maximum absolute atomic E-state index is 12.1. The molecule has 1 rings (SSSR count). The van der Waals surface area contributed by atoms with Crippen molar-refractivity contribution in [1.29, 1.82) is 0 Å². The van der Waals surface area contributed by atoms with Crippen molar-refractivity contribution in [2.24, 2.45) is 11.3 Å². The van der Waals surface area contributed by atoms with Crippen LogP contribution in [-0.4, -0.2) is 5.78 Å². The van der Waals surface area contributed by atoms with E-state index < -0.39 is 5.41 Å². The number of ketones is 1. The number of hydrogen-bond donors (Lipinski definition) is 1. The third kappa shape index (κ3) is 3.97. The van der Waals surface area contributed by atoms with Gasteiger partial charge in [-0.25, -0.2) is 0 Å². The summed E-state index contributed by atoms with van der Waals surface area (Å²) in [6, 6.07) is 4.98. The maximum Gasteiger partial charge on any atom is 0.168 e. The highest BCUT2D eigenvalue weighted by Crippen LogP contribution is 2.31. The molecule has 1 aromatic rings. The first-order valence-electron chi connectivity index (χ1n) is 4.90. The van der Waals surface area contributed by atoms with Gasteiger partial charge in [-0.2, -0.15) is 5.90 Å². The van der Waals surface area contributed by atoms with Crippen molar-refractivity contribution >= 4 is 29.4 Å². The summed E-state index contributed by atoms with van der Waals surface area (Å²) < 4.78 is 4.52. The van der Waals surface area contributed by atoms with E-state index in [0.29, 0.717) is 15.5 Å². The third-order valence-electron chi connectivity index (χ3n) is 2.04. The van der Waals surface area contributed by atoms with Gasteiger partial charge in [0, 0.05) is 11.0 Å². The van der Waals surface area contributed by atoms with Crippen LogP contribution in [0.5, 0.6) is 0 Å². The molecule has 17 heavy (non-hydrogen) atoms. The fourth-order valence-electron chi connectivity index (χ4n) is 1.20. The summed E-state index contributed by atoms with van der Waals surface area (Å²) >= 11 is 6.80. The number of halogens is 1. The first kappa shape index (κ1) is 14.5. The first-order chi connectivity index (χ1) is 7.86. The largest absolute Gasteiger partial charge is 0.294 e. The predicted molar refractivity (Wildman–Crippen MR) is 67.5 cm³/mol. The zero-order valence-electron chi connectivity index (χ0n) is 9.82. The van der Waals surface area contributed by atoms with Gasteiger partial charge in [0.05, 0.1) is 22.0 Å². The van der Waals surface area contributed by atoms with Crippen molar-refractivity contribution in [3.05, 3.63) is 28.8 Å². The molecule has 0 spiro atoms. The van der Waals surface area contributed by atoms with Gasteiger partial charge >= 0.3 is 0 Å². The molecule has 0 aliphatic rings. The molecule has 0 heterocycles. The van der Waals surface area contributed by atoms with Crippen LogP contribution in [0.15, 0.2) is 23.1 Å². The number of hydrogen-bond acceptors (Lipinski definition) is 5. The van der Waals surface area contributed by atoms with Gasteiger partial charge in [0.25, 0.3) is 0 Å². The minimum Gasteiger partial charge on any atom is -0.294 e. The topological polar surface area (TPSA) is 61.5 Å². The Hall–Kier alpha value is -0.590. The number of nitrogens with two attached hydrogens (primary N) is 1. The van der Waals surface area contributed by atoms with Crippen molar-refractivity contribution in [1.82, 2.24) is 0 Å². The zero-order valence-corrected chi connectivity index (χ0v) is 11.4. The molecule has 0 atom stereocenters. The summed E-state index contributed by atoms with van der Waals surface area (Å²) in [5, 5.41) is 0.470. The van der Waals surface area contributed by atoms with E-state index in [2.05, 4.69) is 9.32 Å². The molecule has 0 amide bonds. The molecule has 0 aliphatic heterocycles. The lowest BCUT2D eigenvalue weighted by Gasteiger charge is -2.17. The van der Waals surface area contributed by atoms with Gasteiger partial charge in [0.15, 0.2) is 5.78 Å². The van der Waals surface area contributed by atoms with Gasteiger partial charge in [-0.1, -0.05) is 32.4 Å². The van der Waals surface area contributed by atoms with E-state index in [4.69, 9.17) is 17.5 Å². The average molecular weight is 276 g/mol. The third-order valence-corrected chi connectivity index (χ3v) is 3.14. The second-order valence-electron chi connectivity index (χ2n) is 4.47. The second-order valence-corrected chi connectivity index (χ2v) is 5.62. The average Bonchev–Trinajstić information content (AvgIpc) is 2.26. The molecule has 4 nitrogen and oxygen atoms in total. The summed E-state index contributed by atoms with van der Waals surface area (Å²) in [4.78, 5) is 16.6. The van der Waals surface area contributed by atoms with Crippen LogP contribution in [0.4, 0.5) is 0 Å². The van der Waals surface area contributed by atoms with Gasteiger partial charge in [-0.3, -0.25) is 4.79 Å². The normalized spacial score (nSPS) is 11.6. The smallest absolute Gasteiger partial charge is 0.168 e. The molecule has 94 valence electrons. The fraction of sp³-hybridized carbons (Fsp3) is 0.364. The summed E-state index contributed by atoms with van der Waals surface area (Å²) in [5.41, 5.74) is 0.131. The monoisotopic (exact) mass is 275 g/mol. The van der Waals surface area contributed by atoms with Crippen LogP contribution in [0.1, 0.15) is 31.1 Å². The molecular formula is C11H14ClNO3S. The van der Waals surface area contributed by atoms with E-state index in [0.717, 1.165) is 12.0 Å². The molecule has 0 saturated carbocycles. The molecule has 2 N–H and O–H groups in total. The molecule has 6 heteroatoms. The highest BCUT2D eigenvalue weighted by atomic mass is 35.5. The molecular weight excluding hydrogens is 262 g/mol. The van der Waals surface area contributed by atoms with E-state index >= 15 is 0 Å². The van der Waals surface area contributed by atoms with Gasteiger partial charge in [0.1, 0.15) is 0 Å². The summed E-state index contributed by atoms with van der Waals surface area (Å²) in [6.07, 6.45) is 0. The molecule has 0 bridgehead atoms. The second kappa shape index (κ2) is 5.84. The molecule has 0 saturated heterocycles. The lowest BCUT2D eigenvalue weighted by Crippen LogP contribution is -2.20. The van der Waals surface area contributed by atoms with Crippen LogP contribution in [-0.2, 0) is 9.32 Å². The van der Waals surface area contributed by atoms with Crippen LogP contribution < -0.4 is 5.90 Å². The van der Waals surface area contributed by atoms with Crippen molar-refractivity contribution in [2.75, 3.05) is 0 Å². The highest BCUT2D eigenvalue weighted by molar-refractivity contribution is 7.94. The van der Waals surface area contributed by atoms with Gasteiger partial charge in [-0.05, 0) is 18.2 Å². The Labute approximate surface area is 110 Å². The number of rotatable bonds is 4. The van der Waals surface area contributed by atoms with Crippen molar-refractivity contribution in [2.45, 2.75) is 25.7 Å². The Morgan fingerprint density at radius 2 is 2.06 bits per heavy atom. The Morgan fingerprint density at radius 3 is 2.59 bits per heavy atom. The van der Waals surface area contributed by atoms with Gasteiger partial charge in [-0.15, -0.1) is 9.32 Å². The molecule has 0 radical (unpaired) electrons. The lowest BCUT2D eigenvalue weighted by atomic mass is 9.87. The van der Waals surface area contributed by atoms with Crippen LogP contribution in [0.3, 0.4) is 0 Å². The van der Waals surface area contributed by atoms with Gasteiger partial charge in [0.2, 0.25) is 0 Å². The van der Waals surface area contributed by atoms with Crippen molar-refractivity contribution < 1.29 is 14.1 Å². The molecule has 0 aliphatic carbocycles. The standard InChI is InChI=1S/C11H14ClNO3S/c1-11(2,3)10(14)7-4-5-8(12)9(6-7)17-16-15-13/h4-6H,13H2,1-3H3. The summed E-state index contributed by atoms with van der Waals surface area (Å²) in [6.45, 7) is 5.57. The van der Waals surface area contributed by atoms with E-state index in [1.807, 2.05) is 20.8 Å². The SMILES string of the molecule is CC(C)(C)C(=O)c1ccc(Cl)c(SOON)c1. The van der Waals surface area contributed by atoms with E-state index in [9.17, 15) is 4.79 Å². The molecule has 0 unspecified atom stereocenters. The van der Waals surface area contributed by atoms with Crippen molar-refractivity contribution in [3.8, 4) is 0 Å². The quantitative estimate of drug-likeness (QED) is 0.395. The lowest BCUT2D eigenvalue weighted by molar-refractivity contribution is -0.195. The van der Waals surface area contributed by atoms with Gasteiger partial charge < -0.3 is 0 Å². The molecule has 0 aromatic heterocycles. The van der Waals surface area contributed by atoms with E-state index in [-0.39, 0.29) is 5.78 Å². The number of Topliss-reactive ketones (excluding diaryl/α,β-unsaturated/α-hetero) is 1. The Balaban J connectivity index is 3.00. The van der Waals surface area contributed by atoms with Crippen LogP contribution in [0.25, 0.3) is 0 Å². The Bertz CT molecular complexity index is 418. The van der Waals surface area contributed by atoms with E-state index in [1.54, 1.807) is 18.2 Å². The Morgan fingerprint density at radius 1 is 1.41 bits per heavy atom. The molecule has 0 fully saturated rings. The highest BCUT2D eigenvalue weighted by Gasteiger charge is 2.23. The van der Waals surface area contributed by atoms with Crippen LogP contribution >= 0.6 is 23.6 Å². The van der Waals surface area contributed by atoms with Crippen LogP contribution in [0, 0.1) is 5.41 Å². The number of carbonyl (C=O) groups excluding carboxylic acids is 1. The first-order valence-corrected chi connectivity index (χ1v) is 6.02. The van der Waals surface area contributed by atoms with Crippen LogP contribution in [0.2, 0.25) is 5.02 Å². The number of carbonyl (C=O) groups is 1. The molecule has 1 aromatic carbocycles. The number of benzene rings is 1. The van der Waals surface area contributed by atoms with Crippen molar-refractivity contribution in [3.63, 3.8) is 0 Å². The fourth-order valence-corrected chi connectivity index (χ4v) is 1.85. The van der Waals surface area contributed by atoms with E-state index in [1.165, 1.54) is 0 Å². The minimum absolute atomic E-state index is 0.0321. The minimum atomic E-state index is -0.443.